The lowest BCUT2D eigenvalue weighted by Crippen LogP contribution is -2.29. The second-order valence-corrected chi connectivity index (χ2v) is 6.92. The third-order valence-electron chi connectivity index (χ3n) is 4.93. The first-order valence-corrected chi connectivity index (χ1v) is 9.56. The van der Waals surface area contributed by atoms with Gasteiger partial charge in [-0.2, -0.15) is 4.98 Å². The van der Waals surface area contributed by atoms with Crippen molar-refractivity contribution >= 4 is 5.91 Å². The molecule has 0 aliphatic carbocycles. The smallest absolute Gasteiger partial charge is 0.274 e. The van der Waals surface area contributed by atoms with E-state index in [0.29, 0.717) is 23.0 Å². The fourth-order valence-electron chi connectivity index (χ4n) is 3.31. The molecule has 3 aromatic rings. The van der Waals surface area contributed by atoms with Crippen molar-refractivity contribution in [3.63, 3.8) is 0 Å². The molecule has 1 saturated heterocycles. The first-order valence-electron chi connectivity index (χ1n) is 9.56. The predicted molar refractivity (Wildman–Crippen MR) is 103 cm³/mol. The van der Waals surface area contributed by atoms with Crippen molar-refractivity contribution in [3.05, 3.63) is 42.0 Å². The molecule has 152 valence electrons. The van der Waals surface area contributed by atoms with Gasteiger partial charge in [0.2, 0.25) is 11.7 Å². The third kappa shape index (κ3) is 4.11. The maximum absolute atomic E-state index is 12.6. The molecule has 1 fully saturated rings. The molecule has 1 amide bonds. The number of nitrogens with zero attached hydrogens (tertiary/aromatic N) is 5. The number of carbonyl (C=O) groups excluding carboxylic acids is 1. The van der Waals surface area contributed by atoms with E-state index in [9.17, 15) is 4.79 Å². The molecule has 1 aliphatic heterocycles. The molecule has 10 nitrogen and oxygen atoms in total. The lowest BCUT2D eigenvalue weighted by Gasteiger charge is -2.22. The summed E-state index contributed by atoms with van der Waals surface area (Å²) in [5.41, 5.74) is 0.980. The van der Waals surface area contributed by atoms with Gasteiger partial charge in [0.15, 0.2) is 5.69 Å². The Morgan fingerprint density at radius 3 is 2.93 bits per heavy atom. The van der Waals surface area contributed by atoms with E-state index in [1.807, 2.05) is 24.3 Å². The predicted octanol–water partition coefficient (Wildman–Crippen LogP) is 1.75. The first kappa shape index (κ1) is 19.1. The molecule has 29 heavy (non-hydrogen) atoms. The number of amides is 1. The maximum atomic E-state index is 12.6. The summed E-state index contributed by atoms with van der Waals surface area (Å²) in [6.07, 6.45) is 3.62. The van der Waals surface area contributed by atoms with E-state index >= 15 is 0 Å². The third-order valence-corrected chi connectivity index (χ3v) is 4.93. The zero-order chi connectivity index (χ0) is 20.2. The van der Waals surface area contributed by atoms with Gasteiger partial charge in [0.1, 0.15) is 11.8 Å². The highest BCUT2D eigenvalue weighted by Crippen LogP contribution is 2.28. The van der Waals surface area contributed by atoms with Gasteiger partial charge < -0.3 is 19.9 Å². The van der Waals surface area contributed by atoms with Crippen LogP contribution in [0.3, 0.4) is 0 Å². The summed E-state index contributed by atoms with van der Waals surface area (Å²) >= 11 is 0. The summed E-state index contributed by atoms with van der Waals surface area (Å²) in [6, 6.07) is 7.18. The molecule has 2 N–H and O–H groups in total. The Labute approximate surface area is 167 Å². The number of aromatic nitrogens is 5. The first-order chi connectivity index (χ1) is 14.2. The van der Waals surface area contributed by atoms with Gasteiger partial charge in [-0.25, -0.2) is 4.68 Å². The Balaban J connectivity index is 1.43. The Bertz CT molecular complexity index is 978. The lowest BCUT2D eigenvalue weighted by molar-refractivity contribution is 0.0927. The molecule has 4 rings (SSSR count). The van der Waals surface area contributed by atoms with Crippen LogP contribution in [0, 0.1) is 0 Å². The van der Waals surface area contributed by atoms with Crippen LogP contribution in [-0.4, -0.2) is 51.2 Å². The second-order valence-electron chi connectivity index (χ2n) is 6.92. The summed E-state index contributed by atoms with van der Waals surface area (Å²) in [4.78, 5) is 16.9. The van der Waals surface area contributed by atoms with E-state index < -0.39 is 6.04 Å². The van der Waals surface area contributed by atoms with Crippen LogP contribution >= 0.6 is 0 Å². The standard InChI is InChI=1S/C19H23N7O3/c1-12(19-22-17(24-29-19)14-5-3-4-6-16(14)28-2)21-18(27)15-11-26(25-23-15)13-7-9-20-10-8-13/h3-6,11-13,20H,7-10H2,1-2H3,(H,21,27). The molecule has 10 heteroatoms. The van der Waals surface area contributed by atoms with Crippen LogP contribution in [0.25, 0.3) is 11.4 Å². The Hall–Kier alpha value is -3.27. The van der Waals surface area contributed by atoms with E-state index in [1.165, 1.54) is 0 Å². The lowest BCUT2D eigenvalue weighted by atomic mass is 10.1. The largest absolute Gasteiger partial charge is 0.496 e. The fraction of sp³-hybridized carbons (Fsp3) is 0.421. The van der Waals surface area contributed by atoms with Crippen LogP contribution in [0.5, 0.6) is 5.75 Å². The number of benzene rings is 1. The van der Waals surface area contributed by atoms with Crippen LogP contribution in [-0.2, 0) is 0 Å². The SMILES string of the molecule is COc1ccccc1-c1noc(C(C)NC(=O)c2cn(C3CCNCC3)nn2)n1. The zero-order valence-corrected chi connectivity index (χ0v) is 16.3. The normalized spacial score (nSPS) is 15.8. The van der Waals surface area contributed by atoms with Gasteiger partial charge in [-0.15, -0.1) is 5.10 Å². The topological polar surface area (TPSA) is 120 Å². The summed E-state index contributed by atoms with van der Waals surface area (Å²) in [5, 5.41) is 18.3. The molecule has 1 atom stereocenters. The molecule has 3 heterocycles. The minimum Gasteiger partial charge on any atom is -0.496 e. The average Bonchev–Trinajstić information content (AvgIpc) is 3.44. The summed E-state index contributed by atoms with van der Waals surface area (Å²) < 4.78 is 12.4. The van der Waals surface area contributed by atoms with Crippen LogP contribution in [0.15, 0.2) is 35.0 Å². The summed E-state index contributed by atoms with van der Waals surface area (Å²) in [6.45, 7) is 3.65. The molecule has 1 aromatic carbocycles. The minimum atomic E-state index is -0.484. The molecular formula is C19H23N7O3. The van der Waals surface area contributed by atoms with Crippen LogP contribution < -0.4 is 15.4 Å². The van der Waals surface area contributed by atoms with E-state index in [4.69, 9.17) is 9.26 Å². The maximum Gasteiger partial charge on any atom is 0.274 e. The van der Waals surface area contributed by atoms with Crippen molar-refractivity contribution in [2.45, 2.75) is 31.8 Å². The molecule has 2 aromatic heterocycles. The van der Waals surface area contributed by atoms with Crippen molar-refractivity contribution in [1.29, 1.82) is 0 Å². The Kier molecular flexibility index (Phi) is 5.52. The highest BCUT2D eigenvalue weighted by molar-refractivity contribution is 5.92. The average molecular weight is 397 g/mol. The van der Waals surface area contributed by atoms with Gasteiger partial charge in [0.05, 0.1) is 24.9 Å². The van der Waals surface area contributed by atoms with E-state index in [0.717, 1.165) is 25.9 Å². The number of hydrogen-bond donors (Lipinski definition) is 2. The van der Waals surface area contributed by atoms with Crippen molar-refractivity contribution in [3.8, 4) is 17.1 Å². The molecule has 0 spiro atoms. The Morgan fingerprint density at radius 2 is 2.14 bits per heavy atom. The number of para-hydroxylation sites is 1. The number of carbonyl (C=O) groups is 1. The highest BCUT2D eigenvalue weighted by atomic mass is 16.5. The van der Waals surface area contributed by atoms with Crippen LogP contribution in [0.4, 0.5) is 0 Å². The molecule has 1 unspecified atom stereocenters. The van der Waals surface area contributed by atoms with Gasteiger partial charge in [-0.1, -0.05) is 22.5 Å². The van der Waals surface area contributed by atoms with Gasteiger partial charge in [0, 0.05) is 0 Å². The monoisotopic (exact) mass is 397 g/mol. The molecule has 0 radical (unpaired) electrons. The van der Waals surface area contributed by atoms with Crippen LogP contribution in [0.2, 0.25) is 0 Å². The number of hydrogen-bond acceptors (Lipinski definition) is 8. The molecule has 0 saturated carbocycles. The number of methoxy groups -OCH3 is 1. The van der Waals surface area contributed by atoms with E-state index in [1.54, 1.807) is 24.9 Å². The quantitative estimate of drug-likeness (QED) is 0.645. The number of ether oxygens (including phenoxy) is 1. The van der Waals surface area contributed by atoms with Gasteiger partial charge in [-0.05, 0) is 45.0 Å². The fourth-order valence-corrected chi connectivity index (χ4v) is 3.31. The molecule has 0 bridgehead atoms. The number of rotatable bonds is 6. The van der Waals surface area contributed by atoms with Crippen molar-refractivity contribution in [2.24, 2.45) is 0 Å². The van der Waals surface area contributed by atoms with Gasteiger partial charge >= 0.3 is 0 Å². The highest BCUT2D eigenvalue weighted by Gasteiger charge is 2.22. The minimum absolute atomic E-state index is 0.264. The van der Waals surface area contributed by atoms with E-state index in [-0.39, 0.29) is 17.6 Å². The second kappa shape index (κ2) is 8.39. The van der Waals surface area contributed by atoms with Crippen molar-refractivity contribution in [1.82, 2.24) is 35.8 Å². The Morgan fingerprint density at radius 1 is 1.34 bits per heavy atom. The van der Waals surface area contributed by atoms with Gasteiger partial charge in [-0.3, -0.25) is 4.79 Å². The van der Waals surface area contributed by atoms with Crippen LogP contribution in [0.1, 0.15) is 48.2 Å². The molecular weight excluding hydrogens is 374 g/mol. The van der Waals surface area contributed by atoms with Gasteiger partial charge in [0.25, 0.3) is 5.91 Å². The number of nitrogens with one attached hydrogen (secondary N) is 2. The summed E-state index contributed by atoms with van der Waals surface area (Å²) in [5.74, 6) is 1.00. The summed E-state index contributed by atoms with van der Waals surface area (Å²) in [7, 11) is 1.58. The molecule has 1 aliphatic rings. The zero-order valence-electron chi connectivity index (χ0n) is 16.3. The number of piperidine rings is 1. The van der Waals surface area contributed by atoms with Crippen molar-refractivity contribution < 1.29 is 14.1 Å². The van der Waals surface area contributed by atoms with Crippen molar-refractivity contribution in [2.75, 3.05) is 20.2 Å². The van der Waals surface area contributed by atoms with E-state index in [2.05, 4.69) is 31.1 Å².